The molecule has 7 aromatic rings. The van der Waals surface area contributed by atoms with Crippen LogP contribution in [-0.2, 0) is 30.9 Å². The number of halogens is 2. The average Bonchev–Trinajstić information content (AvgIpc) is 3.67. The lowest BCUT2D eigenvalue weighted by atomic mass is 9.97. The third-order valence-corrected chi connectivity index (χ3v) is 12.7. The largest absolute Gasteiger partial charge is 0.506 e. The van der Waals surface area contributed by atoms with Crippen molar-refractivity contribution in [3.05, 3.63) is 125 Å². The van der Waals surface area contributed by atoms with E-state index in [0.717, 1.165) is 5.56 Å². The maximum absolute atomic E-state index is 14.2. The van der Waals surface area contributed by atoms with Crippen molar-refractivity contribution in [1.29, 1.82) is 0 Å². The quantitative estimate of drug-likeness (QED) is 0.115. The number of ether oxygens (including phenoxy) is 2. The van der Waals surface area contributed by atoms with Gasteiger partial charge in [-0.05, 0) is 52.6 Å². The van der Waals surface area contributed by atoms with Crippen LogP contribution in [0, 0.1) is 5.82 Å². The van der Waals surface area contributed by atoms with Gasteiger partial charge in [-0.15, -0.1) is 11.3 Å². The van der Waals surface area contributed by atoms with Crippen molar-refractivity contribution in [2.24, 2.45) is 0 Å². The number of phenolic OH excluding ortho intramolecular Hbond substituents is 1. The molecule has 1 fully saturated rings. The van der Waals surface area contributed by atoms with Crippen LogP contribution in [0.3, 0.4) is 0 Å². The highest BCUT2D eigenvalue weighted by atomic mass is 35.5. The molecule has 3 aliphatic heterocycles. The number of pyridine rings is 1. The average molecular weight is 891 g/mol. The number of nitrogens with zero attached hydrogens (tertiary/aromatic N) is 8. The number of carboxylic acids is 1. The molecule has 0 unspecified atom stereocenters. The molecule has 4 aromatic heterocycles. The molecule has 10 rings (SSSR count). The third-order valence-electron chi connectivity index (χ3n) is 11.1. The number of aliphatic carboxylic acids is 1. The minimum Gasteiger partial charge on any atom is -0.506 e. The lowest BCUT2D eigenvalue weighted by Crippen LogP contribution is -2.47. The SMILES string of the molecule is O=C(O)[C@H]1Cc2cc(ccc2OCc2nccc(-c3ccncc3O)n2)CN(CCN2CCN(O)CC2)Cc2ccc(c(O)c2Cl)-c2c(-c3ccc(F)cc3)sc3ncnc(c23)O1. The summed E-state index contributed by atoms with van der Waals surface area (Å²) in [6, 6.07) is 18.4. The number of benzene rings is 3. The van der Waals surface area contributed by atoms with E-state index in [0.29, 0.717) is 118 Å². The predicted octanol–water partition coefficient (Wildman–Crippen LogP) is 7.06. The summed E-state index contributed by atoms with van der Waals surface area (Å²) in [4.78, 5) is 40.6. The standard InChI is InChI=1S/C45H40ClFN8O7S/c46-40-28-4-7-32(41(40)57)38-39-43(50-25-51-44(39)63-42(38)27-2-5-30(47)6-3-27)62-36(45(58)59)20-29-19-26(22-54(23-28)14-13-53-15-17-55(60)18-16-53)1-8-35(29)61-24-37-49-12-10-33(52-37)31-9-11-48-21-34(31)56/h1-12,19,21,25,36,56-57,60H,13-18,20,22-24H2,(H,58,59)/t36-/m1/s1. The summed E-state index contributed by atoms with van der Waals surface area (Å²) in [5, 5.41) is 44.9. The highest BCUT2D eigenvalue weighted by Crippen LogP contribution is 2.51. The minimum atomic E-state index is -1.48. The monoisotopic (exact) mass is 890 g/mol. The van der Waals surface area contributed by atoms with Crippen molar-refractivity contribution in [2.75, 3.05) is 39.3 Å². The van der Waals surface area contributed by atoms with Crippen LogP contribution in [-0.4, -0.2) is 112 Å². The molecule has 63 heavy (non-hydrogen) atoms. The van der Waals surface area contributed by atoms with Gasteiger partial charge in [0.05, 0.1) is 22.3 Å². The van der Waals surface area contributed by atoms with Crippen molar-refractivity contribution in [3.63, 3.8) is 0 Å². The molecule has 0 radical (unpaired) electrons. The van der Waals surface area contributed by atoms with Gasteiger partial charge in [0.15, 0.2) is 5.82 Å². The number of hydrogen-bond acceptors (Lipinski definition) is 15. The minimum absolute atomic E-state index is 0.0323. The smallest absolute Gasteiger partial charge is 0.345 e. The fourth-order valence-corrected chi connectivity index (χ4v) is 9.23. The zero-order valence-corrected chi connectivity index (χ0v) is 35.1. The zero-order chi connectivity index (χ0) is 43.6. The Morgan fingerprint density at radius 2 is 1.71 bits per heavy atom. The van der Waals surface area contributed by atoms with E-state index in [9.17, 15) is 29.7 Å². The number of fused-ring (bicyclic) bond motifs is 6. The fourth-order valence-electron chi connectivity index (χ4n) is 7.85. The summed E-state index contributed by atoms with van der Waals surface area (Å²) in [6.07, 6.45) is 4.11. The second-order valence-electron chi connectivity index (χ2n) is 15.2. The van der Waals surface area contributed by atoms with Crippen LogP contribution in [0.4, 0.5) is 4.39 Å². The number of aromatic nitrogens is 5. The van der Waals surface area contributed by atoms with Gasteiger partial charge in [-0.25, -0.2) is 29.1 Å². The molecule has 4 bridgehead atoms. The first-order valence-corrected chi connectivity index (χ1v) is 21.3. The van der Waals surface area contributed by atoms with E-state index < -0.39 is 17.9 Å². The van der Waals surface area contributed by atoms with E-state index in [-0.39, 0.29) is 35.4 Å². The summed E-state index contributed by atoms with van der Waals surface area (Å²) < 4.78 is 26.9. The van der Waals surface area contributed by atoms with E-state index in [2.05, 4.69) is 34.7 Å². The molecule has 0 spiro atoms. The van der Waals surface area contributed by atoms with E-state index >= 15 is 0 Å². The van der Waals surface area contributed by atoms with Crippen LogP contribution >= 0.6 is 22.9 Å². The van der Waals surface area contributed by atoms with Gasteiger partial charge in [0, 0.05) is 92.7 Å². The van der Waals surface area contributed by atoms with Crippen LogP contribution in [0.2, 0.25) is 5.02 Å². The number of hydrogen-bond donors (Lipinski definition) is 4. The number of phenols is 1. The lowest BCUT2D eigenvalue weighted by molar-refractivity contribution is -0.145. The van der Waals surface area contributed by atoms with Crippen LogP contribution in [0.5, 0.6) is 23.1 Å². The molecule has 7 heterocycles. The third kappa shape index (κ3) is 9.11. The molecular formula is C45H40ClFN8O7S. The Labute approximate surface area is 369 Å². The molecule has 0 aliphatic carbocycles. The Bertz CT molecular complexity index is 2810. The Morgan fingerprint density at radius 1 is 0.905 bits per heavy atom. The summed E-state index contributed by atoms with van der Waals surface area (Å²) in [6.45, 7) is 4.44. The Balaban J connectivity index is 1.14. The highest BCUT2D eigenvalue weighted by molar-refractivity contribution is 7.22. The maximum Gasteiger partial charge on any atom is 0.345 e. The van der Waals surface area contributed by atoms with Crippen molar-refractivity contribution in [2.45, 2.75) is 32.2 Å². The number of rotatable bonds is 9. The van der Waals surface area contributed by atoms with E-state index in [1.807, 2.05) is 18.2 Å². The fraction of sp³-hybridized carbons (Fsp3) is 0.244. The van der Waals surface area contributed by atoms with Gasteiger partial charge in [-0.1, -0.05) is 48.0 Å². The maximum atomic E-state index is 14.2. The number of carboxylic acid groups (broad SMARTS) is 1. The lowest BCUT2D eigenvalue weighted by Gasteiger charge is -2.33. The molecule has 1 atom stereocenters. The molecule has 0 amide bonds. The zero-order valence-electron chi connectivity index (χ0n) is 33.6. The van der Waals surface area contributed by atoms with Crippen molar-refractivity contribution >= 4 is 39.1 Å². The van der Waals surface area contributed by atoms with Crippen molar-refractivity contribution in [1.82, 2.24) is 39.8 Å². The second-order valence-corrected chi connectivity index (χ2v) is 16.6. The first-order chi connectivity index (χ1) is 30.6. The van der Waals surface area contributed by atoms with Gasteiger partial charge < -0.3 is 30.0 Å². The molecule has 4 N–H and O–H groups in total. The molecule has 3 aromatic carbocycles. The van der Waals surface area contributed by atoms with Gasteiger partial charge >= 0.3 is 5.97 Å². The van der Waals surface area contributed by atoms with Crippen LogP contribution < -0.4 is 9.47 Å². The number of carbonyl (C=O) groups is 1. The molecular weight excluding hydrogens is 851 g/mol. The van der Waals surface area contributed by atoms with Gasteiger partial charge in [0.25, 0.3) is 0 Å². The Morgan fingerprint density at radius 3 is 2.51 bits per heavy atom. The predicted molar refractivity (Wildman–Crippen MR) is 232 cm³/mol. The first kappa shape index (κ1) is 42.0. The molecule has 322 valence electrons. The Kier molecular flexibility index (Phi) is 12.1. The molecule has 0 saturated carbocycles. The van der Waals surface area contributed by atoms with Crippen LogP contribution in [0.25, 0.3) is 43.0 Å². The topological polar surface area (TPSA) is 191 Å². The molecule has 3 aliphatic rings. The second kappa shape index (κ2) is 18.2. The van der Waals surface area contributed by atoms with Gasteiger partial charge in [0.1, 0.15) is 40.8 Å². The van der Waals surface area contributed by atoms with Crippen LogP contribution in [0.15, 0.2) is 91.6 Å². The summed E-state index contributed by atoms with van der Waals surface area (Å²) in [7, 11) is 0. The molecule has 1 saturated heterocycles. The highest BCUT2D eigenvalue weighted by Gasteiger charge is 2.30. The molecule has 18 heteroatoms. The van der Waals surface area contributed by atoms with Crippen molar-refractivity contribution < 1.29 is 39.2 Å². The normalized spacial score (nSPS) is 16.3. The summed E-state index contributed by atoms with van der Waals surface area (Å²) >= 11 is 8.34. The molecule has 15 nitrogen and oxygen atoms in total. The number of hydroxylamine groups is 2. The summed E-state index contributed by atoms with van der Waals surface area (Å²) in [5.41, 5.74) is 4.43. The number of thiophene rings is 1. The van der Waals surface area contributed by atoms with E-state index in [1.54, 1.807) is 48.8 Å². The Hall–Kier alpha value is -6.34. The number of aromatic hydroxyl groups is 2. The van der Waals surface area contributed by atoms with Gasteiger partial charge in [0.2, 0.25) is 12.0 Å². The van der Waals surface area contributed by atoms with E-state index in [1.165, 1.54) is 41.1 Å². The number of piperazine rings is 1. The van der Waals surface area contributed by atoms with E-state index in [4.69, 9.17) is 21.1 Å². The van der Waals surface area contributed by atoms with Gasteiger partial charge in [-0.3, -0.25) is 14.8 Å². The first-order valence-electron chi connectivity index (χ1n) is 20.1. The van der Waals surface area contributed by atoms with Gasteiger partial charge in [-0.2, -0.15) is 5.06 Å². The summed E-state index contributed by atoms with van der Waals surface area (Å²) in [5.74, 6) is -1.24. The van der Waals surface area contributed by atoms with Crippen LogP contribution in [0.1, 0.15) is 22.5 Å². The van der Waals surface area contributed by atoms with Crippen molar-refractivity contribution in [3.8, 4) is 56.0 Å².